The van der Waals surface area contributed by atoms with Crippen LogP contribution in [-0.2, 0) is 15.1 Å². The Hall–Kier alpha value is -2.42. The first-order chi connectivity index (χ1) is 11.8. The predicted molar refractivity (Wildman–Crippen MR) is 101 cm³/mol. The first kappa shape index (κ1) is 17.4. The molecule has 1 heterocycles. The van der Waals surface area contributed by atoms with Crippen LogP contribution in [0.25, 0.3) is 0 Å². The second kappa shape index (κ2) is 6.47. The van der Waals surface area contributed by atoms with Crippen molar-refractivity contribution in [2.24, 2.45) is 10.9 Å². The second-order valence-electron chi connectivity index (χ2n) is 7.64. The summed E-state index contributed by atoms with van der Waals surface area (Å²) in [6, 6.07) is 20.1. The van der Waals surface area contributed by atoms with E-state index in [2.05, 4.69) is 0 Å². The standard InChI is InChI=1S/C22H25NO2/c1-16-15-19(20(24)25-21(2,3)4)22(23-16,17-11-7-5-8-12-17)18-13-9-6-10-14-18/h5-14,19H,15H2,1-4H3. The molecule has 0 bridgehead atoms. The van der Waals surface area contributed by atoms with E-state index in [-0.39, 0.29) is 11.9 Å². The minimum absolute atomic E-state index is 0.194. The SMILES string of the molecule is CC1=NC(c2ccccc2)(c2ccccc2)C(C(=O)OC(C)(C)C)C1. The Balaban J connectivity index is 2.16. The average Bonchev–Trinajstić information content (AvgIpc) is 2.94. The summed E-state index contributed by atoms with van der Waals surface area (Å²) < 4.78 is 5.76. The van der Waals surface area contributed by atoms with E-state index in [1.807, 2.05) is 88.4 Å². The van der Waals surface area contributed by atoms with Crippen molar-refractivity contribution in [3.8, 4) is 0 Å². The third kappa shape index (κ3) is 3.37. The molecule has 25 heavy (non-hydrogen) atoms. The molecule has 0 aliphatic carbocycles. The average molecular weight is 335 g/mol. The maximum Gasteiger partial charge on any atom is 0.313 e. The molecule has 0 amide bonds. The summed E-state index contributed by atoms with van der Waals surface area (Å²) in [5.74, 6) is -0.558. The van der Waals surface area contributed by atoms with Gasteiger partial charge in [-0.25, -0.2) is 0 Å². The van der Waals surface area contributed by atoms with Crippen molar-refractivity contribution in [2.45, 2.75) is 45.3 Å². The Bertz CT molecular complexity index is 733. The van der Waals surface area contributed by atoms with E-state index in [4.69, 9.17) is 9.73 Å². The van der Waals surface area contributed by atoms with E-state index in [1.165, 1.54) is 0 Å². The van der Waals surface area contributed by atoms with Gasteiger partial charge < -0.3 is 4.74 Å². The molecule has 1 unspecified atom stereocenters. The zero-order valence-electron chi connectivity index (χ0n) is 15.3. The lowest BCUT2D eigenvalue weighted by Gasteiger charge is -2.34. The fourth-order valence-corrected chi connectivity index (χ4v) is 3.58. The molecule has 1 aliphatic rings. The number of aliphatic imine (C=N–C) groups is 1. The molecule has 0 saturated heterocycles. The van der Waals surface area contributed by atoms with Crippen molar-refractivity contribution in [2.75, 3.05) is 0 Å². The minimum Gasteiger partial charge on any atom is -0.460 e. The van der Waals surface area contributed by atoms with Crippen LogP contribution in [0.3, 0.4) is 0 Å². The summed E-state index contributed by atoms with van der Waals surface area (Å²) in [4.78, 5) is 18.1. The molecule has 3 rings (SSSR count). The molecular formula is C22H25NO2. The van der Waals surface area contributed by atoms with Gasteiger partial charge in [0.2, 0.25) is 0 Å². The number of carbonyl (C=O) groups is 1. The highest BCUT2D eigenvalue weighted by atomic mass is 16.6. The molecule has 3 nitrogen and oxygen atoms in total. The Morgan fingerprint density at radius 3 is 1.92 bits per heavy atom. The molecule has 0 saturated carbocycles. The number of nitrogens with zero attached hydrogens (tertiary/aromatic N) is 1. The number of hydrogen-bond donors (Lipinski definition) is 0. The van der Waals surface area contributed by atoms with Gasteiger partial charge >= 0.3 is 5.97 Å². The lowest BCUT2D eigenvalue weighted by Crippen LogP contribution is -2.40. The van der Waals surface area contributed by atoms with Gasteiger partial charge in [0.15, 0.2) is 0 Å². The molecule has 1 atom stereocenters. The highest BCUT2D eigenvalue weighted by Gasteiger charge is 2.51. The summed E-state index contributed by atoms with van der Waals surface area (Å²) >= 11 is 0. The van der Waals surface area contributed by atoms with E-state index in [0.717, 1.165) is 16.8 Å². The van der Waals surface area contributed by atoms with E-state index >= 15 is 0 Å². The van der Waals surface area contributed by atoms with Gasteiger partial charge in [-0.2, -0.15) is 0 Å². The fourth-order valence-electron chi connectivity index (χ4n) is 3.58. The van der Waals surface area contributed by atoms with E-state index in [1.54, 1.807) is 0 Å². The summed E-state index contributed by atoms with van der Waals surface area (Å²) in [5.41, 5.74) is 1.77. The number of carbonyl (C=O) groups excluding carboxylic acids is 1. The van der Waals surface area contributed by atoms with Crippen LogP contribution >= 0.6 is 0 Å². The summed E-state index contributed by atoms with van der Waals surface area (Å²) in [5, 5.41) is 0. The Morgan fingerprint density at radius 2 is 1.48 bits per heavy atom. The fraction of sp³-hybridized carbons (Fsp3) is 0.364. The third-order valence-electron chi connectivity index (χ3n) is 4.49. The number of benzene rings is 2. The second-order valence-corrected chi connectivity index (χ2v) is 7.64. The quantitative estimate of drug-likeness (QED) is 0.759. The molecule has 2 aromatic rings. The van der Waals surface area contributed by atoms with Crippen LogP contribution in [-0.4, -0.2) is 17.3 Å². The van der Waals surface area contributed by atoms with Crippen molar-refractivity contribution in [1.29, 1.82) is 0 Å². The highest BCUT2D eigenvalue weighted by Crippen LogP contribution is 2.47. The highest BCUT2D eigenvalue weighted by molar-refractivity contribution is 5.92. The van der Waals surface area contributed by atoms with Gasteiger partial charge in [-0.05, 0) is 38.8 Å². The smallest absolute Gasteiger partial charge is 0.313 e. The van der Waals surface area contributed by atoms with Crippen molar-refractivity contribution in [3.05, 3.63) is 71.8 Å². The molecule has 0 aromatic heterocycles. The monoisotopic (exact) mass is 335 g/mol. The van der Waals surface area contributed by atoms with E-state index in [9.17, 15) is 4.79 Å². The summed E-state index contributed by atoms with van der Waals surface area (Å²) in [6.07, 6.45) is 0.610. The van der Waals surface area contributed by atoms with Gasteiger partial charge in [0.1, 0.15) is 11.1 Å². The first-order valence-electron chi connectivity index (χ1n) is 8.72. The van der Waals surface area contributed by atoms with Crippen LogP contribution in [0.15, 0.2) is 65.7 Å². The molecule has 130 valence electrons. The number of rotatable bonds is 3. The third-order valence-corrected chi connectivity index (χ3v) is 4.49. The summed E-state index contributed by atoms with van der Waals surface area (Å²) in [6.45, 7) is 7.70. The van der Waals surface area contributed by atoms with Gasteiger partial charge in [0, 0.05) is 12.1 Å². The zero-order valence-corrected chi connectivity index (χ0v) is 15.3. The van der Waals surface area contributed by atoms with Crippen molar-refractivity contribution in [3.63, 3.8) is 0 Å². The maximum atomic E-state index is 13.1. The van der Waals surface area contributed by atoms with Crippen LogP contribution in [0.4, 0.5) is 0 Å². The molecule has 0 N–H and O–H groups in total. The summed E-state index contributed by atoms with van der Waals surface area (Å²) in [7, 11) is 0. The topological polar surface area (TPSA) is 38.7 Å². The number of esters is 1. The van der Waals surface area contributed by atoms with Crippen LogP contribution in [0, 0.1) is 5.92 Å². The molecule has 3 heteroatoms. The van der Waals surface area contributed by atoms with Crippen LogP contribution in [0.5, 0.6) is 0 Å². The Morgan fingerprint density at radius 1 is 1.00 bits per heavy atom. The van der Waals surface area contributed by atoms with Gasteiger partial charge in [0.05, 0.1) is 5.92 Å². The van der Waals surface area contributed by atoms with Crippen molar-refractivity contribution in [1.82, 2.24) is 0 Å². The molecular weight excluding hydrogens is 310 g/mol. The molecule has 0 fully saturated rings. The molecule has 0 spiro atoms. The maximum absolute atomic E-state index is 13.1. The van der Waals surface area contributed by atoms with Gasteiger partial charge in [0.25, 0.3) is 0 Å². The van der Waals surface area contributed by atoms with E-state index < -0.39 is 11.1 Å². The van der Waals surface area contributed by atoms with Crippen molar-refractivity contribution >= 4 is 11.7 Å². The minimum atomic E-state index is -0.727. The first-order valence-corrected chi connectivity index (χ1v) is 8.72. The van der Waals surface area contributed by atoms with Gasteiger partial charge in [-0.15, -0.1) is 0 Å². The largest absolute Gasteiger partial charge is 0.460 e. The Kier molecular flexibility index (Phi) is 4.51. The van der Waals surface area contributed by atoms with Crippen molar-refractivity contribution < 1.29 is 9.53 Å². The number of hydrogen-bond acceptors (Lipinski definition) is 3. The molecule has 1 aliphatic heterocycles. The van der Waals surface area contributed by atoms with E-state index in [0.29, 0.717) is 6.42 Å². The molecule has 2 aromatic carbocycles. The normalized spacial score (nSPS) is 19.4. The molecule has 0 radical (unpaired) electrons. The van der Waals surface area contributed by atoms with Crippen LogP contribution in [0.1, 0.15) is 45.2 Å². The lowest BCUT2D eigenvalue weighted by molar-refractivity contribution is -0.161. The lowest BCUT2D eigenvalue weighted by atomic mass is 9.73. The van der Waals surface area contributed by atoms with Crippen LogP contribution in [0.2, 0.25) is 0 Å². The Labute approximate surface area is 149 Å². The van der Waals surface area contributed by atoms with Crippen LogP contribution < -0.4 is 0 Å². The number of ether oxygens (including phenoxy) is 1. The predicted octanol–water partition coefficient (Wildman–Crippen LogP) is 4.75. The van der Waals surface area contributed by atoms with Gasteiger partial charge in [-0.3, -0.25) is 9.79 Å². The van der Waals surface area contributed by atoms with Gasteiger partial charge in [-0.1, -0.05) is 60.7 Å². The zero-order chi connectivity index (χ0) is 18.1.